The molecule has 1 atom stereocenters. The van der Waals surface area contributed by atoms with Crippen LogP contribution in [0.15, 0.2) is 18.2 Å². The molecule has 1 aromatic carbocycles. The molecule has 1 rings (SSSR count). The predicted octanol–water partition coefficient (Wildman–Crippen LogP) is 3.78. The van der Waals surface area contributed by atoms with E-state index >= 15 is 0 Å². The minimum absolute atomic E-state index is 0.0289. The van der Waals surface area contributed by atoms with Crippen LogP contribution < -0.4 is 0 Å². The maximum atomic E-state index is 10.9. The lowest BCUT2D eigenvalue weighted by Gasteiger charge is -2.30. The van der Waals surface area contributed by atoms with Crippen molar-refractivity contribution in [3.05, 3.63) is 29.3 Å². The number of rotatable bonds is 7. The number of aromatic hydroxyl groups is 1. The quantitative estimate of drug-likeness (QED) is 0.797. The molecule has 0 saturated heterocycles. The van der Waals surface area contributed by atoms with Crippen molar-refractivity contribution < 1.29 is 19.7 Å². The van der Waals surface area contributed by atoms with Crippen LogP contribution in [0.25, 0.3) is 0 Å². The number of carbonyl (C=O) groups is 1. The van der Waals surface area contributed by atoms with E-state index in [2.05, 4.69) is 13.8 Å². The fourth-order valence-electron chi connectivity index (χ4n) is 2.31. The highest BCUT2D eigenvalue weighted by molar-refractivity contribution is 5.88. The van der Waals surface area contributed by atoms with Gasteiger partial charge in [-0.15, -0.1) is 0 Å². The summed E-state index contributed by atoms with van der Waals surface area (Å²) in [6.45, 7) is 6.26. The molecule has 0 spiro atoms. The number of hydrogen-bond acceptors (Lipinski definition) is 3. The molecule has 0 fully saturated rings. The highest BCUT2D eigenvalue weighted by Crippen LogP contribution is 2.36. The molecular formula is C16H24O4. The number of phenols is 1. The van der Waals surface area contributed by atoms with Gasteiger partial charge in [0, 0.05) is 12.7 Å². The summed E-state index contributed by atoms with van der Waals surface area (Å²) < 4.78 is 5.58. The van der Waals surface area contributed by atoms with Crippen LogP contribution >= 0.6 is 0 Å². The van der Waals surface area contributed by atoms with Crippen molar-refractivity contribution >= 4 is 5.97 Å². The van der Waals surface area contributed by atoms with Crippen LogP contribution in [0.3, 0.4) is 0 Å². The summed E-state index contributed by atoms with van der Waals surface area (Å²) in [7, 11) is 1.61. The van der Waals surface area contributed by atoms with Gasteiger partial charge in [-0.2, -0.15) is 0 Å². The second-order valence-corrected chi connectivity index (χ2v) is 5.76. The molecule has 0 aliphatic heterocycles. The third-order valence-electron chi connectivity index (χ3n) is 3.70. The Labute approximate surface area is 120 Å². The zero-order valence-electron chi connectivity index (χ0n) is 12.6. The van der Waals surface area contributed by atoms with Gasteiger partial charge in [-0.3, -0.25) is 0 Å². The van der Waals surface area contributed by atoms with Gasteiger partial charge in [0.05, 0.1) is 11.2 Å². The van der Waals surface area contributed by atoms with E-state index in [4.69, 9.17) is 9.84 Å². The highest BCUT2D eigenvalue weighted by Gasteiger charge is 2.29. The first-order chi connectivity index (χ1) is 9.30. The molecular weight excluding hydrogens is 256 g/mol. The van der Waals surface area contributed by atoms with E-state index in [1.54, 1.807) is 13.2 Å². The Balaban J connectivity index is 2.96. The number of carboxylic acid groups (broad SMARTS) is 1. The van der Waals surface area contributed by atoms with E-state index in [-0.39, 0.29) is 11.3 Å². The average molecular weight is 280 g/mol. The summed E-state index contributed by atoms with van der Waals surface area (Å²) >= 11 is 0. The lowest BCUT2D eigenvalue weighted by Crippen LogP contribution is -2.24. The first-order valence-corrected chi connectivity index (χ1v) is 6.92. The molecule has 0 unspecified atom stereocenters. The Bertz CT molecular complexity index is 468. The second-order valence-electron chi connectivity index (χ2n) is 5.76. The molecule has 0 saturated carbocycles. The molecule has 4 nitrogen and oxygen atoms in total. The summed E-state index contributed by atoms with van der Waals surface area (Å²) in [6, 6.07) is 4.41. The number of aromatic carboxylic acids is 1. The van der Waals surface area contributed by atoms with E-state index < -0.39 is 11.6 Å². The zero-order chi connectivity index (χ0) is 15.3. The highest BCUT2D eigenvalue weighted by atomic mass is 16.5. The lowest BCUT2D eigenvalue weighted by atomic mass is 9.87. The number of benzene rings is 1. The monoisotopic (exact) mass is 280 g/mol. The van der Waals surface area contributed by atoms with Crippen LogP contribution in [0.5, 0.6) is 5.75 Å². The fourth-order valence-corrected chi connectivity index (χ4v) is 2.31. The molecule has 1 aromatic rings. The van der Waals surface area contributed by atoms with Gasteiger partial charge in [-0.1, -0.05) is 26.3 Å². The SMILES string of the molecule is CO[C@@](C)(CCCC(C)C)c1ccc(C(=O)O)cc1O. The van der Waals surface area contributed by atoms with Gasteiger partial charge in [0.2, 0.25) is 0 Å². The van der Waals surface area contributed by atoms with E-state index in [1.807, 2.05) is 6.92 Å². The topological polar surface area (TPSA) is 66.8 Å². The van der Waals surface area contributed by atoms with Crippen molar-refractivity contribution in [1.29, 1.82) is 0 Å². The molecule has 2 N–H and O–H groups in total. The van der Waals surface area contributed by atoms with Crippen molar-refractivity contribution in [2.45, 2.75) is 45.6 Å². The van der Waals surface area contributed by atoms with Crippen molar-refractivity contribution in [1.82, 2.24) is 0 Å². The van der Waals surface area contributed by atoms with E-state index in [0.717, 1.165) is 19.3 Å². The van der Waals surface area contributed by atoms with Crippen LogP contribution in [-0.2, 0) is 10.3 Å². The van der Waals surface area contributed by atoms with E-state index in [0.29, 0.717) is 11.5 Å². The minimum Gasteiger partial charge on any atom is -0.508 e. The minimum atomic E-state index is -1.05. The molecule has 112 valence electrons. The Hall–Kier alpha value is -1.55. The molecule has 0 heterocycles. The van der Waals surface area contributed by atoms with Gasteiger partial charge in [-0.25, -0.2) is 4.79 Å². The van der Waals surface area contributed by atoms with Gasteiger partial charge in [-0.05, 0) is 37.8 Å². The Morgan fingerprint density at radius 2 is 2.05 bits per heavy atom. The Morgan fingerprint density at radius 1 is 1.40 bits per heavy atom. The molecule has 0 aliphatic carbocycles. The Kier molecular flexibility index (Phi) is 5.57. The Morgan fingerprint density at radius 3 is 2.50 bits per heavy atom. The van der Waals surface area contributed by atoms with E-state index in [1.165, 1.54) is 12.1 Å². The van der Waals surface area contributed by atoms with Gasteiger partial charge < -0.3 is 14.9 Å². The lowest BCUT2D eigenvalue weighted by molar-refractivity contribution is -0.00980. The van der Waals surface area contributed by atoms with Gasteiger partial charge in [0.25, 0.3) is 0 Å². The van der Waals surface area contributed by atoms with Crippen LogP contribution in [-0.4, -0.2) is 23.3 Å². The molecule has 0 aliphatic rings. The van der Waals surface area contributed by atoms with Gasteiger partial charge in [0.15, 0.2) is 0 Å². The molecule has 0 bridgehead atoms. The average Bonchev–Trinajstić information content (AvgIpc) is 2.37. The van der Waals surface area contributed by atoms with Gasteiger partial charge >= 0.3 is 5.97 Å². The van der Waals surface area contributed by atoms with Crippen molar-refractivity contribution in [3.8, 4) is 5.75 Å². The summed E-state index contributed by atoms with van der Waals surface area (Å²) in [6.07, 6.45) is 2.86. The molecule has 0 aromatic heterocycles. The third-order valence-corrected chi connectivity index (χ3v) is 3.70. The third kappa shape index (κ3) is 3.97. The summed E-state index contributed by atoms with van der Waals surface area (Å²) in [5, 5.41) is 19.0. The summed E-state index contributed by atoms with van der Waals surface area (Å²) in [5.74, 6) is -0.455. The number of carboxylic acids is 1. The number of methoxy groups -OCH3 is 1. The maximum Gasteiger partial charge on any atom is 0.335 e. The normalized spacial score (nSPS) is 14.2. The smallest absolute Gasteiger partial charge is 0.335 e. The van der Waals surface area contributed by atoms with E-state index in [9.17, 15) is 9.90 Å². The molecule has 0 radical (unpaired) electrons. The first-order valence-electron chi connectivity index (χ1n) is 6.92. The molecule has 0 amide bonds. The van der Waals surface area contributed by atoms with Crippen LogP contribution in [0.1, 0.15) is 56.0 Å². The standard InChI is InChI=1S/C16H24O4/c1-11(2)6-5-9-16(3,20-4)13-8-7-12(15(18)19)10-14(13)17/h7-8,10-11,17H,5-6,9H2,1-4H3,(H,18,19)/t16-/m0/s1. The summed E-state index contributed by atoms with van der Waals surface area (Å²) in [4.78, 5) is 10.9. The maximum absolute atomic E-state index is 10.9. The summed E-state index contributed by atoms with van der Waals surface area (Å²) in [5.41, 5.74) is 0.108. The number of phenolic OH excluding ortho intramolecular Hbond substituents is 1. The molecule has 4 heteroatoms. The zero-order valence-corrected chi connectivity index (χ0v) is 12.6. The van der Waals surface area contributed by atoms with Crippen LogP contribution in [0, 0.1) is 5.92 Å². The predicted molar refractivity (Wildman–Crippen MR) is 78.1 cm³/mol. The first kappa shape index (κ1) is 16.5. The fraction of sp³-hybridized carbons (Fsp3) is 0.562. The second kappa shape index (κ2) is 6.75. The molecule has 20 heavy (non-hydrogen) atoms. The van der Waals surface area contributed by atoms with Crippen molar-refractivity contribution in [2.75, 3.05) is 7.11 Å². The van der Waals surface area contributed by atoms with Crippen molar-refractivity contribution in [3.63, 3.8) is 0 Å². The number of hydrogen-bond donors (Lipinski definition) is 2. The van der Waals surface area contributed by atoms with Crippen molar-refractivity contribution in [2.24, 2.45) is 5.92 Å². The van der Waals surface area contributed by atoms with Crippen LogP contribution in [0.4, 0.5) is 0 Å². The van der Waals surface area contributed by atoms with Gasteiger partial charge in [0.1, 0.15) is 5.75 Å². The number of ether oxygens (including phenoxy) is 1. The largest absolute Gasteiger partial charge is 0.508 e. The van der Waals surface area contributed by atoms with Crippen LogP contribution in [0.2, 0.25) is 0 Å².